The average Bonchev–Trinajstić information content (AvgIpc) is 2.48. The minimum absolute atomic E-state index is 0.113. The second-order valence-corrected chi connectivity index (χ2v) is 5.11. The van der Waals surface area contributed by atoms with E-state index in [-0.39, 0.29) is 6.61 Å². The van der Waals surface area contributed by atoms with Gasteiger partial charge in [-0.15, -0.1) is 0 Å². The summed E-state index contributed by atoms with van der Waals surface area (Å²) in [6.45, 7) is 3.28. The van der Waals surface area contributed by atoms with Crippen molar-refractivity contribution in [3.63, 3.8) is 0 Å². The molecule has 0 saturated carbocycles. The molecule has 0 spiro atoms. The van der Waals surface area contributed by atoms with Crippen LogP contribution in [0.4, 0.5) is 11.4 Å². The molecule has 0 bridgehead atoms. The number of nitrogens with zero attached hydrogens (tertiary/aromatic N) is 1. The summed E-state index contributed by atoms with van der Waals surface area (Å²) in [6.07, 6.45) is 2.31. The fourth-order valence-electron chi connectivity index (χ4n) is 2.95. The van der Waals surface area contributed by atoms with Crippen molar-refractivity contribution in [1.29, 1.82) is 0 Å². The molecule has 2 aromatic rings. The fraction of sp³-hybridized carbons (Fsp3) is 0.294. The Hall–Kier alpha value is -1.80. The van der Waals surface area contributed by atoms with Crippen molar-refractivity contribution < 1.29 is 5.11 Å². The predicted molar refractivity (Wildman–Crippen MR) is 78.9 cm³/mol. The summed E-state index contributed by atoms with van der Waals surface area (Å²) < 4.78 is 0. The van der Waals surface area contributed by atoms with Gasteiger partial charge in [-0.1, -0.05) is 30.3 Å². The monoisotopic (exact) mass is 253 g/mol. The molecule has 0 unspecified atom stereocenters. The summed E-state index contributed by atoms with van der Waals surface area (Å²) in [5.74, 6) is 0. The second kappa shape index (κ2) is 5.06. The van der Waals surface area contributed by atoms with Gasteiger partial charge in [-0.2, -0.15) is 0 Å². The van der Waals surface area contributed by atoms with Crippen molar-refractivity contribution in [2.75, 3.05) is 11.4 Å². The number of rotatable bonds is 2. The first-order valence-electron chi connectivity index (χ1n) is 6.86. The molecule has 1 aliphatic rings. The summed E-state index contributed by atoms with van der Waals surface area (Å²) in [5.41, 5.74) is 6.17. The van der Waals surface area contributed by atoms with Crippen LogP contribution in [0.15, 0.2) is 42.5 Å². The molecule has 0 saturated heterocycles. The first-order valence-corrected chi connectivity index (χ1v) is 6.86. The summed E-state index contributed by atoms with van der Waals surface area (Å²) in [5, 5.41) is 9.46. The van der Waals surface area contributed by atoms with Crippen LogP contribution in [0.3, 0.4) is 0 Å². The highest BCUT2D eigenvalue weighted by atomic mass is 16.3. The van der Waals surface area contributed by atoms with E-state index in [4.69, 9.17) is 0 Å². The van der Waals surface area contributed by atoms with Gasteiger partial charge in [0, 0.05) is 17.9 Å². The Morgan fingerprint density at radius 3 is 2.63 bits per heavy atom. The van der Waals surface area contributed by atoms with Crippen LogP contribution in [0.5, 0.6) is 0 Å². The summed E-state index contributed by atoms with van der Waals surface area (Å²) in [7, 11) is 0. The van der Waals surface area contributed by atoms with E-state index in [1.807, 2.05) is 6.07 Å². The van der Waals surface area contributed by atoms with Crippen molar-refractivity contribution in [2.24, 2.45) is 0 Å². The maximum Gasteiger partial charge on any atom is 0.0685 e. The number of aliphatic hydroxyl groups is 1. The van der Waals surface area contributed by atoms with Gasteiger partial charge in [-0.05, 0) is 48.6 Å². The average molecular weight is 253 g/mol. The molecule has 19 heavy (non-hydrogen) atoms. The maximum atomic E-state index is 9.46. The zero-order valence-electron chi connectivity index (χ0n) is 11.3. The Morgan fingerprint density at radius 2 is 1.89 bits per heavy atom. The topological polar surface area (TPSA) is 23.5 Å². The van der Waals surface area contributed by atoms with E-state index < -0.39 is 0 Å². The van der Waals surface area contributed by atoms with Crippen LogP contribution in [0.25, 0.3) is 0 Å². The molecule has 2 aromatic carbocycles. The minimum Gasteiger partial charge on any atom is -0.392 e. The highest BCUT2D eigenvalue weighted by molar-refractivity contribution is 5.72. The maximum absolute atomic E-state index is 9.46. The number of aryl methyl sites for hydroxylation is 1. The van der Waals surface area contributed by atoms with Gasteiger partial charge in [0.1, 0.15) is 0 Å². The summed E-state index contributed by atoms with van der Waals surface area (Å²) in [6, 6.07) is 14.7. The van der Waals surface area contributed by atoms with Crippen molar-refractivity contribution in [2.45, 2.75) is 26.4 Å². The van der Waals surface area contributed by atoms with Gasteiger partial charge in [-0.3, -0.25) is 0 Å². The third-order valence-electron chi connectivity index (χ3n) is 3.96. The van der Waals surface area contributed by atoms with E-state index in [0.717, 1.165) is 18.5 Å². The molecule has 2 heteroatoms. The standard InChI is InChI=1S/C17H19NO/c1-13-15(12-19)10-9-14-6-5-11-18(17(13)14)16-7-3-2-4-8-16/h2-4,7-10,19H,5-6,11-12H2,1H3. The largest absolute Gasteiger partial charge is 0.392 e. The SMILES string of the molecule is Cc1c(CO)ccc2c1N(c1ccccc1)CCC2. The normalized spacial score (nSPS) is 14.3. The van der Waals surface area contributed by atoms with Crippen LogP contribution in [0.1, 0.15) is 23.1 Å². The van der Waals surface area contributed by atoms with Gasteiger partial charge in [0.05, 0.1) is 6.61 Å². The lowest BCUT2D eigenvalue weighted by Crippen LogP contribution is -2.25. The number of para-hydroxylation sites is 1. The number of aliphatic hydroxyl groups excluding tert-OH is 1. The zero-order valence-corrected chi connectivity index (χ0v) is 11.3. The molecule has 1 aliphatic heterocycles. The van der Waals surface area contributed by atoms with Crippen molar-refractivity contribution in [3.05, 3.63) is 59.2 Å². The first-order chi connectivity index (χ1) is 9.31. The van der Waals surface area contributed by atoms with Crippen molar-refractivity contribution >= 4 is 11.4 Å². The van der Waals surface area contributed by atoms with Gasteiger partial charge in [0.2, 0.25) is 0 Å². The van der Waals surface area contributed by atoms with Crippen LogP contribution >= 0.6 is 0 Å². The van der Waals surface area contributed by atoms with E-state index in [1.54, 1.807) is 0 Å². The molecule has 0 amide bonds. The van der Waals surface area contributed by atoms with Gasteiger partial charge in [0.15, 0.2) is 0 Å². The molecular weight excluding hydrogens is 234 g/mol. The van der Waals surface area contributed by atoms with Gasteiger partial charge >= 0.3 is 0 Å². The van der Waals surface area contributed by atoms with E-state index in [9.17, 15) is 5.11 Å². The van der Waals surface area contributed by atoms with Crippen LogP contribution in [0, 0.1) is 6.92 Å². The fourth-order valence-corrected chi connectivity index (χ4v) is 2.95. The number of anilines is 2. The van der Waals surface area contributed by atoms with E-state index in [0.29, 0.717) is 0 Å². The Labute approximate surface area is 114 Å². The Morgan fingerprint density at radius 1 is 1.11 bits per heavy atom. The van der Waals surface area contributed by atoms with Crippen LogP contribution < -0.4 is 4.90 Å². The van der Waals surface area contributed by atoms with Gasteiger partial charge < -0.3 is 10.0 Å². The second-order valence-electron chi connectivity index (χ2n) is 5.11. The molecule has 0 aromatic heterocycles. The lowest BCUT2D eigenvalue weighted by Gasteiger charge is -2.33. The molecule has 1 N–H and O–H groups in total. The van der Waals surface area contributed by atoms with E-state index >= 15 is 0 Å². The lowest BCUT2D eigenvalue weighted by atomic mass is 9.94. The summed E-state index contributed by atoms with van der Waals surface area (Å²) in [4.78, 5) is 2.38. The first kappa shape index (κ1) is 12.2. The Kier molecular flexibility index (Phi) is 3.26. The number of fused-ring (bicyclic) bond motifs is 1. The number of benzene rings is 2. The van der Waals surface area contributed by atoms with Gasteiger partial charge in [-0.25, -0.2) is 0 Å². The number of hydrogen-bond acceptors (Lipinski definition) is 2. The third-order valence-corrected chi connectivity index (χ3v) is 3.96. The molecule has 2 nitrogen and oxygen atoms in total. The molecule has 0 atom stereocenters. The van der Waals surface area contributed by atoms with Crippen LogP contribution in [-0.4, -0.2) is 11.7 Å². The Bertz CT molecular complexity index is 577. The third kappa shape index (κ3) is 2.13. The van der Waals surface area contributed by atoms with Crippen LogP contribution in [-0.2, 0) is 13.0 Å². The molecule has 3 rings (SSSR count). The molecule has 1 heterocycles. The molecule has 0 fully saturated rings. The molecular formula is C17H19NO. The smallest absolute Gasteiger partial charge is 0.0685 e. The highest BCUT2D eigenvalue weighted by Crippen LogP contribution is 2.37. The lowest BCUT2D eigenvalue weighted by molar-refractivity contribution is 0.281. The van der Waals surface area contributed by atoms with E-state index in [1.165, 1.54) is 28.9 Å². The highest BCUT2D eigenvalue weighted by Gasteiger charge is 2.21. The minimum atomic E-state index is 0.113. The van der Waals surface area contributed by atoms with Crippen molar-refractivity contribution in [1.82, 2.24) is 0 Å². The number of hydrogen-bond donors (Lipinski definition) is 1. The van der Waals surface area contributed by atoms with Gasteiger partial charge in [0.25, 0.3) is 0 Å². The Balaban J connectivity index is 2.13. The molecule has 0 radical (unpaired) electrons. The quantitative estimate of drug-likeness (QED) is 0.884. The summed E-state index contributed by atoms with van der Waals surface area (Å²) >= 11 is 0. The van der Waals surface area contributed by atoms with Crippen LogP contribution in [0.2, 0.25) is 0 Å². The zero-order chi connectivity index (χ0) is 13.2. The molecule has 98 valence electrons. The van der Waals surface area contributed by atoms with E-state index in [2.05, 4.69) is 48.2 Å². The predicted octanol–water partition coefficient (Wildman–Crippen LogP) is 3.57. The molecule has 0 aliphatic carbocycles. The van der Waals surface area contributed by atoms with Crippen molar-refractivity contribution in [3.8, 4) is 0 Å².